The van der Waals surface area contributed by atoms with Gasteiger partial charge in [-0.2, -0.15) is 0 Å². The maximum atomic E-state index is 12.4. The molecule has 0 spiro atoms. The monoisotopic (exact) mass is 330 g/mol. The number of hydrogen-bond donors (Lipinski definition) is 1. The van der Waals surface area contributed by atoms with Crippen LogP contribution in [0.25, 0.3) is 0 Å². The van der Waals surface area contributed by atoms with Gasteiger partial charge in [0.15, 0.2) is 0 Å². The van der Waals surface area contributed by atoms with Crippen LogP contribution in [0.4, 0.5) is 18.9 Å². The minimum absolute atomic E-state index is 0.178. The van der Waals surface area contributed by atoms with Gasteiger partial charge in [-0.25, -0.2) is 0 Å². The molecule has 7 heteroatoms. The lowest BCUT2D eigenvalue weighted by Gasteiger charge is -2.34. The highest BCUT2D eigenvalue weighted by molar-refractivity contribution is 5.95. The number of ether oxygens (including phenoxy) is 1. The number of likely N-dealkylation sites (tertiary alicyclic amines) is 1. The molecule has 0 saturated carbocycles. The van der Waals surface area contributed by atoms with Crippen molar-refractivity contribution < 1.29 is 22.7 Å². The van der Waals surface area contributed by atoms with E-state index in [4.69, 9.17) is 0 Å². The van der Waals surface area contributed by atoms with Crippen molar-refractivity contribution in [2.75, 3.05) is 18.4 Å². The number of hydrogen-bond acceptors (Lipinski definition) is 3. The lowest BCUT2D eigenvalue weighted by molar-refractivity contribution is -0.274. The van der Waals surface area contributed by atoms with E-state index in [2.05, 4.69) is 21.9 Å². The largest absolute Gasteiger partial charge is 0.573 e. The minimum Gasteiger partial charge on any atom is -0.406 e. The van der Waals surface area contributed by atoms with Crippen LogP contribution in [-0.4, -0.2) is 36.3 Å². The minimum atomic E-state index is -4.75. The summed E-state index contributed by atoms with van der Waals surface area (Å²) in [6.45, 7) is 3.78. The number of anilines is 1. The number of nitrogens with one attached hydrogen (secondary N) is 1. The summed E-state index contributed by atoms with van der Waals surface area (Å²) in [5.74, 6) is -0.522. The fourth-order valence-corrected chi connectivity index (χ4v) is 2.84. The van der Waals surface area contributed by atoms with Crippen LogP contribution in [0.1, 0.15) is 32.6 Å². The first-order valence-corrected chi connectivity index (χ1v) is 7.80. The molecule has 1 unspecified atom stereocenters. The van der Waals surface area contributed by atoms with Gasteiger partial charge >= 0.3 is 6.36 Å². The van der Waals surface area contributed by atoms with Gasteiger partial charge in [0.1, 0.15) is 5.75 Å². The predicted octanol–water partition coefficient (Wildman–Crippen LogP) is 3.79. The number of halogens is 3. The third-order valence-electron chi connectivity index (χ3n) is 3.76. The van der Waals surface area contributed by atoms with E-state index in [0.717, 1.165) is 38.8 Å². The zero-order valence-electron chi connectivity index (χ0n) is 13.0. The predicted molar refractivity (Wildman–Crippen MR) is 81.3 cm³/mol. The van der Waals surface area contributed by atoms with Crippen molar-refractivity contribution in [2.24, 2.45) is 0 Å². The third-order valence-corrected chi connectivity index (χ3v) is 3.76. The van der Waals surface area contributed by atoms with Crippen molar-refractivity contribution >= 4 is 11.6 Å². The SMILES string of the molecule is CCCN1CCCCC1C(=O)Nc1cccc(OC(F)(F)F)c1. The molecule has 2 rings (SSSR count). The lowest BCUT2D eigenvalue weighted by Crippen LogP contribution is -2.47. The fraction of sp³-hybridized carbons (Fsp3) is 0.562. The van der Waals surface area contributed by atoms with E-state index < -0.39 is 6.36 Å². The number of benzene rings is 1. The standard InChI is InChI=1S/C16H21F3N2O2/c1-2-9-21-10-4-3-8-14(21)15(22)20-12-6-5-7-13(11-12)23-16(17,18)19/h5-7,11,14H,2-4,8-10H2,1H3,(H,20,22). The summed E-state index contributed by atoms with van der Waals surface area (Å²) in [5, 5.41) is 2.70. The van der Waals surface area contributed by atoms with E-state index in [-0.39, 0.29) is 17.7 Å². The Hall–Kier alpha value is -1.76. The molecule has 1 atom stereocenters. The van der Waals surface area contributed by atoms with Gasteiger partial charge in [0, 0.05) is 11.8 Å². The molecule has 0 aliphatic carbocycles. The van der Waals surface area contributed by atoms with Gasteiger partial charge in [-0.15, -0.1) is 13.2 Å². The Bertz CT molecular complexity index is 532. The normalized spacial score (nSPS) is 19.4. The molecule has 1 amide bonds. The molecule has 1 aliphatic rings. The van der Waals surface area contributed by atoms with Crippen LogP contribution in [0.5, 0.6) is 5.75 Å². The molecule has 1 fully saturated rings. The molecule has 128 valence electrons. The summed E-state index contributed by atoms with van der Waals surface area (Å²) < 4.78 is 40.6. The van der Waals surface area contributed by atoms with Gasteiger partial charge < -0.3 is 10.1 Å². The van der Waals surface area contributed by atoms with Gasteiger partial charge in [0.05, 0.1) is 6.04 Å². The molecule has 1 aliphatic heterocycles. The Morgan fingerprint density at radius 1 is 1.39 bits per heavy atom. The Kier molecular flexibility index (Phi) is 5.87. The highest BCUT2D eigenvalue weighted by Crippen LogP contribution is 2.26. The Morgan fingerprint density at radius 2 is 2.17 bits per heavy atom. The molecule has 0 radical (unpaired) electrons. The number of nitrogens with zero attached hydrogens (tertiary/aromatic N) is 1. The van der Waals surface area contributed by atoms with Crippen LogP contribution in [0.3, 0.4) is 0 Å². The topological polar surface area (TPSA) is 41.6 Å². The lowest BCUT2D eigenvalue weighted by atomic mass is 10.0. The highest BCUT2D eigenvalue weighted by atomic mass is 19.4. The van der Waals surface area contributed by atoms with Gasteiger partial charge in [-0.1, -0.05) is 19.4 Å². The number of carbonyl (C=O) groups excluding carboxylic acids is 1. The maximum Gasteiger partial charge on any atom is 0.573 e. The van der Waals surface area contributed by atoms with Crippen LogP contribution >= 0.6 is 0 Å². The first-order chi connectivity index (χ1) is 10.9. The number of rotatable bonds is 5. The second kappa shape index (κ2) is 7.68. The van der Waals surface area contributed by atoms with E-state index in [1.807, 2.05) is 0 Å². The molecule has 0 aromatic heterocycles. The smallest absolute Gasteiger partial charge is 0.406 e. The van der Waals surface area contributed by atoms with Crippen LogP contribution in [0.2, 0.25) is 0 Å². The van der Waals surface area contributed by atoms with Crippen molar-refractivity contribution in [1.82, 2.24) is 4.90 Å². The number of amides is 1. The first-order valence-electron chi connectivity index (χ1n) is 7.80. The van der Waals surface area contributed by atoms with E-state index in [9.17, 15) is 18.0 Å². The maximum absolute atomic E-state index is 12.4. The Labute approximate surface area is 133 Å². The molecular weight excluding hydrogens is 309 g/mol. The van der Waals surface area contributed by atoms with E-state index in [1.54, 1.807) is 6.07 Å². The molecular formula is C16H21F3N2O2. The average Bonchev–Trinajstić information content (AvgIpc) is 2.46. The van der Waals surface area contributed by atoms with Gasteiger partial charge in [-0.05, 0) is 44.5 Å². The van der Waals surface area contributed by atoms with E-state index in [1.165, 1.54) is 18.2 Å². The zero-order valence-corrected chi connectivity index (χ0v) is 13.0. The van der Waals surface area contributed by atoms with E-state index >= 15 is 0 Å². The van der Waals surface area contributed by atoms with Crippen molar-refractivity contribution in [3.05, 3.63) is 24.3 Å². The van der Waals surface area contributed by atoms with Gasteiger partial charge in [0.25, 0.3) is 0 Å². The molecule has 0 bridgehead atoms. The number of piperidine rings is 1. The van der Waals surface area contributed by atoms with Gasteiger partial charge in [-0.3, -0.25) is 9.69 Å². The van der Waals surface area contributed by atoms with Crippen LogP contribution in [0.15, 0.2) is 24.3 Å². The molecule has 23 heavy (non-hydrogen) atoms. The van der Waals surface area contributed by atoms with Crippen molar-refractivity contribution in [3.8, 4) is 5.75 Å². The van der Waals surface area contributed by atoms with Gasteiger partial charge in [0.2, 0.25) is 5.91 Å². The Morgan fingerprint density at radius 3 is 2.87 bits per heavy atom. The summed E-state index contributed by atoms with van der Waals surface area (Å²) in [6, 6.07) is 5.12. The molecule has 1 saturated heterocycles. The summed E-state index contributed by atoms with van der Waals surface area (Å²) in [5.41, 5.74) is 0.304. The molecule has 1 heterocycles. The number of alkyl halides is 3. The van der Waals surface area contributed by atoms with Crippen LogP contribution in [0, 0.1) is 0 Å². The molecule has 4 nitrogen and oxygen atoms in total. The van der Waals surface area contributed by atoms with Crippen LogP contribution < -0.4 is 10.1 Å². The molecule has 1 N–H and O–H groups in total. The second-order valence-corrected chi connectivity index (χ2v) is 5.61. The average molecular weight is 330 g/mol. The summed E-state index contributed by atoms with van der Waals surface area (Å²) in [4.78, 5) is 14.6. The molecule has 1 aromatic rings. The number of carbonyl (C=O) groups is 1. The van der Waals surface area contributed by atoms with E-state index in [0.29, 0.717) is 5.69 Å². The Balaban J connectivity index is 2.03. The zero-order chi connectivity index (χ0) is 16.9. The first kappa shape index (κ1) is 17.6. The quantitative estimate of drug-likeness (QED) is 0.893. The van der Waals surface area contributed by atoms with Crippen molar-refractivity contribution in [1.29, 1.82) is 0 Å². The summed E-state index contributed by atoms with van der Waals surface area (Å²) >= 11 is 0. The summed E-state index contributed by atoms with van der Waals surface area (Å²) in [6.07, 6.45) is -0.971. The van der Waals surface area contributed by atoms with Crippen LogP contribution in [-0.2, 0) is 4.79 Å². The van der Waals surface area contributed by atoms with Crippen molar-refractivity contribution in [2.45, 2.75) is 45.0 Å². The van der Waals surface area contributed by atoms with Crippen molar-refractivity contribution in [3.63, 3.8) is 0 Å². The third kappa shape index (κ3) is 5.42. The highest BCUT2D eigenvalue weighted by Gasteiger charge is 2.31. The second-order valence-electron chi connectivity index (χ2n) is 5.61. The molecule has 1 aromatic carbocycles. The summed E-state index contributed by atoms with van der Waals surface area (Å²) in [7, 11) is 0. The fourth-order valence-electron chi connectivity index (χ4n) is 2.84.